The van der Waals surface area contributed by atoms with Gasteiger partial charge < -0.3 is 19.7 Å². The third kappa shape index (κ3) is 6.27. The van der Waals surface area contributed by atoms with Gasteiger partial charge in [-0.25, -0.2) is 4.39 Å². The minimum absolute atomic E-state index is 0.120. The lowest BCUT2D eigenvalue weighted by molar-refractivity contribution is -0.141. The molecule has 2 amide bonds. The molecular formula is C27H33FN2O4. The second-order valence-corrected chi connectivity index (χ2v) is 9.15. The number of hydrogen-bond acceptors (Lipinski definition) is 4. The lowest BCUT2D eigenvalue weighted by Crippen LogP contribution is -2.50. The van der Waals surface area contributed by atoms with E-state index in [9.17, 15) is 14.0 Å². The van der Waals surface area contributed by atoms with Crippen molar-refractivity contribution in [3.8, 4) is 11.5 Å². The van der Waals surface area contributed by atoms with E-state index in [2.05, 4.69) is 5.32 Å². The number of halogens is 1. The highest BCUT2D eigenvalue weighted by molar-refractivity contribution is 5.87. The zero-order valence-corrected chi connectivity index (χ0v) is 19.7. The van der Waals surface area contributed by atoms with Crippen molar-refractivity contribution < 1.29 is 23.5 Å². The molecule has 1 N–H and O–H groups in total. The maximum Gasteiger partial charge on any atom is 0.242 e. The predicted molar refractivity (Wildman–Crippen MR) is 127 cm³/mol. The lowest BCUT2D eigenvalue weighted by atomic mass is 9.95. The van der Waals surface area contributed by atoms with E-state index in [-0.39, 0.29) is 36.6 Å². The number of rotatable bonds is 8. The number of amides is 2. The Morgan fingerprint density at radius 2 is 1.68 bits per heavy atom. The van der Waals surface area contributed by atoms with Crippen molar-refractivity contribution in [3.05, 3.63) is 59.4 Å². The molecule has 1 saturated carbocycles. The molecule has 0 aromatic heterocycles. The van der Waals surface area contributed by atoms with Crippen LogP contribution in [0.25, 0.3) is 0 Å². The smallest absolute Gasteiger partial charge is 0.242 e. The van der Waals surface area contributed by atoms with Crippen molar-refractivity contribution in [2.24, 2.45) is 0 Å². The maximum atomic E-state index is 13.4. The topological polar surface area (TPSA) is 67.9 Å². The fourth-order valence-electron chi connectivity index (χ4n) is 4.58. The van der Waals surface area contributed by atoms with Crippen LogP contribution in [0.4, 0.5) is 4.39 Å². The molecule has 34 heavy (non-hydrogen) atoms. The Balaban J connectivity index is 1.44. The summed E-state index contributed by atoms with van der Waals surface area (Å²) >= 11 is 0. The molecule has 0 radical (unpaired) electrons. The van der Waals surface area contributed by atoms with E-state index in [1.807, 2.05) is 18.2 Å². The fourth-order valence-corrected chi connectivity index (χ4v) is 4.58. The molecule has 0 saturated heterocycles. The average molecular weight is 469 g/mol. The molecule has 0 spiro atoms. The molecule has 0 unspecified atom stereocenters. The SMILES string of the molecule is C[C@@H](C(=O)NC1CCCCC1)N(Cc1ccc(F)cc1)C(=O)CCc1ccc2c(c1)OCCO2. The van der Waals surface area contributed by atoms with E-state index in [0.717, 1.165) is 36.8 Å². The highest BCUT2D eigenvalue weighted by atomic mass is 19.1. The number of nitrogens with one attached hydrogen (secondary N) is 1. The molecule has 7 heteroatoms. The van der Waals surface area contributed by atoms with Crippen LogP contribution >= 0.6 is 0 Å². The van der Waals surface area contributed by atoms with Gasteiger partial charge in [-0.15, -0.1) is 0 Å². The van der Waals surface area contributed by atoms with Crippen LogP contribution in [0.3, 0.4) is 0 Å². The van der Waals surface area contributed by atoms with E-state index in [0.29, 0.717) is 31.1 Å². The summed E-state index contributed by atoms with van der Waals surface area (Å²) in [5.41, 5.74) is 1.75. The van der Waals surface area contributed by atoms with Gasteiger partial charge in [0.05, 0.1) is 0 Å². The number of benzene rings is 2. The zero-order chi connectivity index (χ0) is 23.9. The number of hydrogen-bond donors (Lipinski definition) is 1. The van der Waals surface area contributed by atoms with Crippen LogP contribution in [-0.2, 0) is 22.6 Å². The molecule has 182 valence electrons. The van der Waals surface area contributed by atoms with E-state index < -0.39 is 6.04 Å². The number of carbonyl (C=O) groups is 2. The first-order valence-electron chi connectivity index (χ1n) is 12.2. The maximum absolute atomic E-state index is 13.4. The molecule has 2 aromatic carbocycles. The summed E-state index contributed by atoms with van der Waals surface area (Å²) in [7, 11) is 0. The summed E-state index contributed by atoms with van der Waals surface area (Å²) in [5, 5.41) is 3.13. The Morgan fingerprint density at radius 3 is 2.41 bits per heavy atom. The zero-order valence-electron chi connectivity index (χ0n) is 19.7. The van der Waals surface area contributed by atoms with Crippen LogP contribution in [0.2, 0.25) is 0 Å². The second-order valence-electron chi connectivity index (χ2n) is 9.15. The molecule has 1 heterocycles. The summed E-state index contributed by atoms with van der Waals surface area (Å²) < 4.78 is 24.6. The number of carbonyl (C=O) groups excluding carboxylic acids is 2. The van der Waals surface area contributed by atoms with Crippen LogP contribution in [0.15, 0.2) is 42.5 Å². The van der Waals surface area contributed by atoms with Crippen LogP contribution in [-0.4, -0.2) is 42.0 Å². The Hall–Kier alpha value is -3.09. The Labute approximate surface area is 200 Å². The van der Waals surface area contributed by atoms with E-state index in [4.69, 9.17) is 9.47 Å². The van der Waals surface area contributed by atoms with Crippen LogP contribution in [0, 0.1) is 5.82 Å². The highest BCUT2D eigenvalue weighted by Gasteiger charge is 2.28. The summed E-state index contributed by atoms with van der Waals surface area (Å²) in [4.78, 5) is 28.0. The van der Waals surface area contributed by atoms with Crippen molar-refractivity contribution in [1.29, 1.82) is 0 Å². The number of aryl methyl sites for hydroxylation is 1. The molecule has 1 aliphatic heterocycles. The van der Waals surface area contributed by atoms with Gasteiger partial charge in [0.25, 0.3) is 0 Å². The molecule has 1 aliphatic carbocycles. The summed E-state index contributed by atoms with van der Waals surface area (Å²) in [6.45, 7) is 3.06. The molecule has 2 aliphatic rings. The van der Waals surface area contributed by atoms with Gasteiger partial charge in [0.2, 0.25) is 11.8 Å². The quantitative estimate of drug-likeness (QED) is 0.624. The van der Waals surface area contributed by atoms with Gasteiger partial charge in [0.15, 0.2) is 11.5 Å². The fraction of sp³-hybridized carbons (Fsp3) is 0.481. The number of fused-ring (bicyclic) bond motifs is 1. The average Bonchev–Trinajstić information content (AvgIpc) is 2.87. The van der Waals surface area contributed by atoms with Crippen molar-refractivity contribution in [2.75, 3.05) is 13.2 Å². The minimum Gasteiger partial charge on any atom is -0.486 e. The van der Waals surface area contributed by atoms with Crippen molar-refractivity contribution in [2.45, 2.75) is 70.5 Å². The van der Waals surface area contributed by atoms with Gasteiger partial charge in [-0.2, -0.15) is 0 Å². The van der Waals surface area contributed by atoms with Gasteiger partial charge >= 0.3 is 0 Å². The molecular weight excluding hydrogens is 435 g/mol. The van der Waals surface area contributed by atoms with Crippen LogP contribution < -0.4 is 14.8 Å². The number of ether oxygens (including phenoxy) is 2. The Bertz CT molecular complexity index is 989. The first-order chi connectivity index (χ1) is 16.5. The highest BCUT2D eigenvalue weighted by Crippen LogP contribution is 2.31. The number of nitrogens with zero attached hydrogens (tertiary/aromatic N) is 1. The standard InChI is InChI=1S/C27H33FN2O4/c1-19(27(32)29-23-5-3-2-4-6-23)30(18-21-7-11-22(28)12-8-21)26(31)14-10-20-9-13-24-25(17-20)34-16-15-33-24/h7-9,11-13,17,19,23H,2-6,10,14-16,18H2,1H3,(H,29,32)/t19-/m0/s1. The molecule has 6 nitrogen and oxygen atoms in total. The van der Waals surface area contributed by atoms with Gasteiger partial charge in [-0.3, -0.25) is 9.59 Å². The Kier molecular flexibility index (Phi) is 8.03. The monoisotopic (exact) mass is 468 g/mol. The van der Waals surface area contributed by atoms with Gasteiger partial charge in [-0.1, -0.05) is 37.5 Å². The van der Waals surface area contributed by atoms with E-state index in [1.165, 1.54) is 18.6 Å². The second kappa shape index (κ2) is 11.4. The predicted octanol–water partition coefficient (Wildman–Crippen LogP) is 4.40. The molecule has 1 atom stereocenters. The minimum atomic E-state index is -0.625. The molecule has 0 bridgehead atoms. The van der Waals surface area contributed by atoms with E-state index in [1.54, 1.807) is 24.0 Å². The lowest BCUT2D eigenvalue weighted by Gasteiger charge is -2.31. The normalized spacial score (nSPS) is 16.5. The third-order valence-corrected chi connectivity index (χ3v) is 6.62. The molecule has 4 rings (SSSR count). The largest absolute Gasteiger partial charge is 0.486 e. The van der Waals surface area contributed by atoms with Gasteiger partial charge in [0, 0.05) is 19.0 Å². The van der Waals surface area contributed by atoms with Crippen LogP contribution in [0.1, 0.15) is 56.6 Å². The first-order valence-corrected chi connectivity index (χ1v) is 12.2. The van der Waals surface area contributed by atoms with Gasteiger partial charge in [-0.05, 0) is 61.6 Å². The molecule has 1 fully saturated rings. The van der Waals surface area contributed by atoms with Crippen molar-refractivity contribution >= 4 is 11.8 Å². The third-order valence-electron chi connectivity index (χ3n) is 6.62. The Morgan fingerprint density at radius 1 is 1.00 bits per heavy atom. The summed E-state index contributed by atoms with van der Waals surface area (Å²) in [6.07, 6.45) is 6.17. The first kappa shape index (κ1) is 24.0. The summed E-state index contributed by atoms with van der Waals surface area (Å²) in [5.74, 6) is 0.822. The summed E-state index contributed by atoms with van der Waals surface area (Å²) in [6, 6.07) is 11.3. The van der Waals surface area contributed by atoms with Gasteiger partial charge in [0.1, 0.15) is 25.1 Å². The van der Waals surface area contributed by atoms with E-state index >= 15 is 0 Å². The molecule has 2 aromatic rings. The van der Waals surface area contributed by atoms with Crippen molar-refractivity contribution in [1.82, 2.24) is 10.2 Å². The van der Waals surface area contributed by atoms with Crippen molar-refractivity contribution in [3.63, 3.8) is 0 Å². The van der Waals surface area contributed by atoms with Crippen LogP contribution in [0.5, 0.6) is 11.5 Å².